The molecule has 1 N–H and O–H groups in total. The zero-order valence-electron chi connectivity index (χ0n) is 9.24. The molecule has 0 aliphatic carbocycles. The summed E-state index contributed by atoms with van der Waals surface area (Å²) in [5.74, 6) is 0. The molecule has 0 radical (unpaired) electrons. The third-order valence-electron chi connectivity index (χ3n) is 1.79. The Labute approximate surface area is 90.5 Å². The lowest BCUT2D eigenvalue weighted by molar-refractivity contribution is 0.196. The molecule has 0 heterocycles. The minimum atomic E-state index is -0.388. The highest BCUT2D eigenvalue weighted by Crippen LogP contribution is 2.35. The molecule has 78 valence electrons. The van der Waals surface area contributed by atoms with Crippen molar-refractivity contribution in [2.24, 2.45) is 0 Å². The van der Waals surface area contributed by atoms with Gasteiger partial charge >= 0.3 is 0 Å². The number of thioether (sulfide) groups is 1. The van der Waals surface area contributed by atoms with E-state index >= 15 is 0 Å². The molecule has 0 bridgehead atoms. The smallest absolute Gasteiger partial charge is 0.0772 e. The third-order valence-corrected chi connectivity index (χ3v) is 2.99. The highest BCUT2D eigenvalue weighted by atomic mass is 32.2. The van der Waals surface area contributed by atoms with Gasteiger partial charge in [0.15, 0.2) is 0 Å². The van der Waals surface area contributed by atoms with Crippen LogP contribution >= 0.6 is 11.8 Å². The number of aliphatic hydroxyl groups excluding tert-OH is 1. The first-order valence-corrected chi connectivity index (χ1v) is 5.68. The minimum absolute atomic E-state index is 0.186. The normalized spacial score (nSPS) is 14.1. The van der Waals surface area contributed by atoms with Crippen molar-refractivity contribution in [1.82, 2.24) is 0 Å². The molecule has 0 aliphatic rings. The molecule has 14 heavy (non-hydrogen) atoms. The Morgan fingerprint density at radius 2 is 1.79 bits per heavy atom. The maximum absolute atomic E-state index is 9.59. The summed E-state index contributed by atoms with van der Waals surface area (Å²) >= 11 is 1.80. The van der Waals surface area contributed by atoms with Crippen LogP contribution < -0.4 is 0 Å². The zero-order valence-corrected chi connectivity index (χ0v) is 10.1. The molecule has 0 aromatic heterocycles. The fourth-order valence-electron chi connectivity index (χ4n) is 1.25. The quantitative estimate of drug-likeness (QED) is 0.752. The average molecular weight is 210 g/mol. The third kappa shape index (κ3) is 3.35. The number of rotatable bonds is 2. The fraction of sp³-hybridized carbons (Fsp3) is 0.500. The lowest BCUT2D eigenvalue weighted by Crippen LogP contribution is -2.08. The molecular formula is C12H18OS. The lowest BCUT2D eigenvalue weighted by Gasteiger charge is -2.20. The zero-order chi connectivity index (χ0) is 10.8. The second-order valence-corrected chi connectivity index (χ2v) is 6.30. The van der Waals surface area contributed by atoms with Crippen molar-refractivity contribution in [3.63, 3.8) is 0 Å². The Hall–Kier alpha value is -0.470. The number of hydrogen-bond donors (Lipinski definition) is 1. The van der Waals surface area contributed by atoms with Crippen LogP contribution in [0.3, 0.4) is 0 Å². The standard InChI is InChI=1S/C12H18OS/c1-9(13)10-7-5-6-8-11(10)14-12(2,3)4/h5-9,13H,1-4H3/t9-/m0/s1. The topological polar surface area (TPSA) is 20.2 Å². The monoisotopic (exact) mass is 210 g/mol. The highest BCUT2D eigenvalue weighted by molar-refractivity contribution is 8.00. The van der Waals surface area contributed by atoms with E-state index in [1.807, 2.05) is 25.1 Å². The summed E-state index contributed by atoms with van der Waals surface area (Å²) in [5.41, 5.74) is 1.02. The molecule has 0 aliphatic heterocycles. The molecule has 1 atom stereocenters. The first-order chi connectivity index (χ1) is 6.40. The second-order valence-electron chi connectivity index (χ2n) is 4.43. The summed E-state index contributed by atoms with van der Waals surface area (Å²) in [7, 11) is 0. The van der Waals surface area contributed by atoms with Gasteiger partial charge < -0.3 is 5.11 Å². The number of aliphatic hydroxyl groups is 1. The Kier molecular flexibility index (Phi) is 3.62. The van der Waals surface area contributed by atoms with Gasteiger partial charge in [-0.3, -0.25) is 0 Å². The van der Waals surface area contributed by atoms with E-state index in [2.05, 4.69) is 26.8 Å². The van der Waals surface area contributed by atoms with Gasteiger partial charge in [0.1, 0.15) is 0 Å². The summed E-state index contributed by atoms with van der Waals surface area (Å²) in [6, 6.07) is 8.03. The maximum Gasteiger partial charge on any atom is 0.0772 e. The molecule has 0 amide bonds. The van der Waals surface area contributed by atoms with Crippen LogP contribution in [0.25, 0.3) is 0 Å². The van der Waals surface area contributed by atoms with Crippen LogP contribution in [0.4, 0.5) is 0 Å². The van der Waals surface area contributed by atoms with Crippen LogP contribution in [0.15, 0.2) is 29.2 Å². The van der Waals surface area contributed by atoms with Gasteiger partial charge in [-0.25, -0.2) is 0 Å². The summed E-state index contributed by atoms with van der Waals surface area (Å²) in [4.78, 5) is 1.18. The van der Waals surface area contributed by atoms with Crippen molar-refractivity contribution >= 4 is 11.8 Å². The molecule has 1 rings (SSSR count). The predicted molar refractivity (Wildman–Crippen MR) is 62.7 cm³/mol. The molecule has 0 saturated heterocycles. The summed E-state index contributed by atoms with van der Waals surface area (Å²) in [5, 5.41) is 9.59. The first kappa shape index (κ1) is 11.6. The van der Waals surface area contributed by atoms with Crippen LogP contribution in [0.5, 0.6) is 0 Å². The number of hydrogen-bond acceptors (Lipinski definition) is 2. The van der Waals surface area contributed by atoms with Crippen molar-refractivity contribution in [3.8, 4) is 0 Å². The molecule has 1 aromatic carbocycles. The van der Waals surface area contributed by atoms with Crippen LogP contribution in [-0.4, -0.2) is 9.85 Å². The molecular weight excluding hydrogens is 192 g/mol. The summed E-state index contributed by atoms with van der Waals surface area (Å²) in [6.07, 6.45) is -0.388. The molecule has 0 spiro atoms. The van der Waals surface area contributed by atoms with Crippen molar-refractivity contribution in [3.05, 3.63) is 29.8 Å². The lowest BCUT2D eigenvalue weighted by atomic mass is 10.1. The van der Waals surface area contributed by atoms with E-state index in [4.69, 9.17) is 0 Å². The fourth-order valence-corrected chi connectivity index (χ4v) is 2.41. The molecule has 0 saturated carbocycles. The molecule has 0 fully saturated rings. The van der Waals surface area contributed by atoms with Gasteiger partial charge in [-0.05, 0) is 18.6 Å². The van der Waals surface area contributed by atoms with E-state index in [-0.39, 0.29) is 10.9 Å². The van der Waals surface area contributed by atoms with Gasteiger partial charge in [0.2, 0.25) is 0 Å². The van der Waals surface area contributed by atoms with Crippen molar-refractivity contribution in [1.29, 1.82) is 0 Å². The van der Waals surface area contributed by atoms with E-state index in [0.717, 1.165) is 5.56 Å². The number of benzene rings is 1. The summed E-state index contributed by atoms with van der Waals surface area (Å²) < 4.78 is 0.186. The molecule has 0 unspecified atom stereocenters. The predicted octanol–water partition coefficient (Wildman–Crippen LogP) is 3.63. The van der Waals surface area contributed by atoms with Crippen molar-refractivity contribution in [2.75, 3.05) is 0 Å². The van der Waals surface area contributed by atoms with Crippen molar-refractivity contribution in [2.45, 2.75) is 43.4 Å². The van der Waals surface area contributed by atoms with Crippen LogP contribution in [-0.2, 0) is 0 Å². The van der Waals surface area contributed by atoms with Gasteiger partial charge in [0.25, 0.3) is 0 Å². The van der Waals surface area contributed by atoms with E-state index in [0.29, 0.717) is 0 Å². The van der Waals surface area contributed by atoms with E-state index in [1.165, 1.54) is 4.90 Å². The van der Waals surface area contributed by atoms with E-state index < -0.39 is 0 Å². The Morgan fingerprint density at radius 3 is 2.29 bits per heavy atom. The summed E-state index contributed by atoms with van der Waals surface area (Å²) in [6.45, 7) is 8.34. The van der Waals surface area contributed by atoms with Gasteiger partial charge in [-0.15, -0.1) is 11.8 Å². The van der Waals surface area contributed by atoms with Gasteiger partial charge in [-0.2, -0.15) is 0 Å². The minimum Gasteiger partial charge on any atom is -0.389 e. The van der Waals surface area contributed by atoms with Gasteiger partial charge in [0.05, 0.1) is 6.10 Å². The highest BCUT2D eigenvalue weighted by Gasteiger charge is 2.15. The molecule has 2 heteroatoms. The molecule has 1 aromatic rings. The Morgan fingerprint density at radius 1 is 1.21 bits per heavy atom. The first-order valence-electron chi connectivity index (χ1n) is 4.86. The van der Waals surface area contributed by atoms with Gasteiger partial charge in [-0.1, -0.05) is 39.0 Å². The van der Waals surface area contributed by atoms with Crippen LogP contribution in [0.2, 0.25) is 0 Å². The largest absolute Gasteiger partial charge is 0.389 e. The second kappa shape index (κ2) is 4.37. The molecule has 1 nitrogen and oxygen atoms in total. The van der Waals surface area contributed by atoms with Crippen molar-refractivity contribution < 1.29 is 5.11 Å². The van der Waals surface area contributed by atoms with Crippen LogP contribution in [0, 0.1) is 0 Å². The maximum atomic E-state index is 9.59. The Bertz CT molecular complexity index is 299. The Balaban J connectivity index is 2.96. The van der Waals surface area contributed by atoms with Gasteiger partial charge in [0, 0.05) is 9.64 Å². The SMILES string of the molecule is C[C@H](O)c1ccccc1SC(C)(C)C. The average Bonchev–Trinajstić information content (AvgIpc) is 2.01. The van der Waals surface area contributed by atoms with E-state index in [1.54, 1.807) is 11.8 Å². The van der Waals surface area contributed by atoms with E-state index in [9.17, 15) is 5.11 Å². The van der Waals surface area contributed by atoms with Crippen LogP contribution in [0.1, 0.15) is 39.4 Å².